The van der Waals surface area contributed by atoms with Gasteiger partial charge in [-0.05, 0) is 55.3 Å². The largest absolute Gasteiger partial charge is 0.481 e. The normalized spacial score (nSPS) is 13.2. The lowest BCUT2D eigenvalue weighted by molar-refractivity contribution is -0.128. The van der Waals surface area contributed by atoms with Gasteiger partial charge in [0, 0.05) is 0 Å². The number of ether oxygens (including phenoxy) is 1. The lowest BCUT2D eigenvalue weighted by Crippen LogP contribution is -2.39. The molecule has 0 aliphatic rings. The molecule has 0 bridgehead atoms. The summed E-state index contributed by atoms with van der Waals surface area (Å²) in [5.74, 6) is -0.519. The molecule has 122 valence electrons. The van der Waals surface area contributed by atoms with Gasteiger partial charge in [-0.15, -0.1) is 0 Å². The minimum Gasteiger partial charge on any atom is -0.481 e. The maximum Gasteiger partial charge on any atom is 0.261 e. The molecule has 2 aromatic rings. The lowest BCUT2D eigenvalue weighted by Gasteiger charge is -2.20. The first-order chi connectivity index (χ1) is 11.0. The highest BCUT2D eigenvalue weighted by Gasteiger charge is 2.20. The molecule has 0 saturated carbocycles. The number of amides is 1. The van der Waals surface area contributed by atoms with Crippen molar-refractivity contribution in [3.05, 3.63) is 65.7 Å². The fraction of sp³-hybridized carbons (Fsp3) is 0.278. The van der Waals surface area contributed by atoms with Crippen LogP contribution in [0.2, 0.25) is 0 Å². The van der Waals surface area contributed by atoms with Crippen LogP contribution in [-0.2, 0) is 4.79 Å². The van der Waals surface area contributed by atoms with Gasteiger partial charge in [0.1, 0.15) is 17.4 Å². The first kappa shape index (κ1) is 16.9. The third-order valence-corrected chi connectivity index (χ3v) is 3.48. The molecular weight excluding hydrogens is 300 g/mol. The smallest absolute Gasteiger partial charge is 0.261 e. The highest BCUT2D eigenvalue weighted by Crippen LogP contribution is 2.17. The zero-order valence-electron chi connectivity index (χ0n) is 13.1. The van der Waals surface area contributed by atoms with Gasteiger partial charge in [-0.2, -0.15) is 0 Å². The van der Waals surface area contributed by atoms with E-state index in [4.69, 9.17) is 4.74 Å². The number of nitrogens with one attached hydrogen (secondary N) is 1. The Balaban J connectivity index is 1.99. The average Bonchev–Trinajstić information content (AvgIpc) is 2.54. The van der Waals surface area contributed by atoms with Crippen molar-refractivity contribution in [1.82, 2.24) is 5.32 Å². The summed E-state index contributed by atoms with van der Waals surface area (Å²) in [5, 5.41) is 2.84. The van der Waals surface area contributed by atoms with Crippen molar-refractivity contribution in [2.75, 3.05) is 0 Å². The molecule has 0 spiro atoms. The van der Waals surface area contributed by atoms with Crippen molar-refractivity contribution in [1.29, 1.82) is 0 Å². The minimum absolute atomic E-state index is 0.269. The quantitative estimate of drug-likeness (QED) is 0.874. The van der Waals surface area contributed by atoms with Crippen molar-refractivity contribution in [2.24, 2.45) is 0 Å². The Morgan fingerprint density at radius 2 is 1.57 bits per heavy atom. The van der Waals surface area contributed by atoms with Gasteiger partial charge in [-0.25, -0.2) is 8.78 Å². The summed E-state index contributed by atoms with van der Waals surface area (Å²) >= 11 is 0. The van der Waals surface area contributed by atoms with Crippen molar-refractivity contribution >= 4 is 5.91 Å². The van der Waals surface area contributed by atoms with E-state index in [1.165, 1.54) is 36.4 Å². The maximum atomic E-state index is 12.9. The summed E-state index contributed by atoms with van der Waals surface area (Å²) in [6, 6.07) is 11.2. The molecule has 0 unspecified atom stereocenters. The Morgan fingerprint density at radius 1 is 1.04 bits per heavy atom. The van der Waals surface area contributed by atoms with Crippen LogP contribution in [0.15, 0.2) is 48.5 Å². The standard InChI is InChI=1S/C18H19F2NO2/c1-3-17(23-16-10-8-15(20)9-11-16)18(22)21-12(2)13-4-6-14(19)7-5-13/h4-12,17H,3H2,1-2H3,(H,21,22)/t12-,17-/m1/s1. The van der Waals surface area contributed by atoms with E-state index in [0.717, 1.165) is 5.56 Å². The van der Waals surface area contributed by atoms with Gasteiger partial charge < -0.3 is 10.1 Å². The predicted octanol–water partition coefficient (Wildman–Crippen LogP) is 4.00. The Bertz CT molecular complexity index is 641. The van der Waals surface area contributed by atoms with Crippen molar-refractivity contribution < 1.29 is 18.3 Å². The Labute approximate surface area is 134 Å². The molecule has 2 atom stereocenters. The van der Waals surface area contributed by atoms with Crippen LogP contribution in [0, 0.1) is 11.6 Å². The number of carbonyl (C=O) groups is 1. The first-order valence-corrected chi connectivity index (χ1v) is 7.47. The number of hydrogen-bond donors (Lipinski definition) is 1. The molecule has 23 heavy (non-hydrogen) atoms. The van der Waals surface area contributed by atoms with Crippen LogP contribution in [0.3, 0.4) is 0 Å². The van der Waals surface area contributed by atoms with E-state index in [1.54, 1.807) is 12.1 Å². The molecule has 1 amide bonds. The Morgan fingerprint density at radius 3 is 2.09 bits per heavy atom. The molecule has 5 heteroatoms. The van der Waals surface area contributed by atoms with Gasteiger partial charge in [-0.3, -0.25) is 4.79 Å². The second-order valence-electron chi connectivity index (χ2n) is 5.25. The number of carbonyl (C=O) groups excluding carboxylic acids is 1. The zero-order valence-corrected chi connectivity index (χ0v) is 13.1. The third kappa shape index (κ3) is 4.77. The van der Waals surface area contributed by atoms with Gasteiger partial charge >= 0.3 is 0 Å². The lowest BCUT2D eigenvalue weighted by atomic mass is 10.1. The van der Waals surface area contributed by atoms with Crippen LogP contribution < -0.4 is 10.1 Å². The topological polar surface area (TPSA) is 38.3 Å². The molecule has 0 saturated heterocycles. The number of halogens is 2. The van der Waals surface area contributed by atoms with Crippen LogP contribution in [0.4, 0.5) is 8.78 Å². The molecule has 0 radical (unpaired) electrons. The maximum absolute atomic E-state index is 12.9. The fourth-order valence-corrected chi connectivity index (χ4v) is 2.14. The Hall–Kier alpha value is -2.43. The summed E-state index contributed by atoms with van der Waals surface area (Å²) in [5.41, 5.74) is 0.802. The molecule has 0 fully saturated rings. The summed E-state index contributed by atoms with van der Waals surface area (Å²) in [6.07, 6.45) is -0.206. The number of hydrogen-bond acceptors (Lipinski definition) is 2. The second kappa shape index (κ2) is 7.72. The van der Waals surface area contributed by atoms with Crippen molar-refractivity contribution in [3.63, 3.8) is 0 Å². The summed E-state index contributed by atoms with van der Waals surface area (Å²) < 4.78 is 31.4. The molecule has 1 N–H and O–H groups in total. The van der Waals surface area contributed by atoms with Gasteiger partial charge in [-0.1, -0.05) is 19.1 Å². The van der Waals surface area contributed by atoms with Gasteiger partial charge in [0.15, 0.2) is 6.10 Å². The molecule has 2 aromatic carbocycles. The van der Waals surface area contributed by atoms with Crippen LogP contribution in [0.5, 0.6) is 5.75 Å². The first-order valence-electron chi connectivity index (χ1n) is 7.47. The zero-order chi connectivity index (χ0) is 16.8. The number of rotatable bonds is 6. The van der Waals surface area contributed by atoms with E-state index in [2.05, 4.69) is 5.32 Å². The monoisotopic (exact) mass is 319 g/mol. The van der Waals surface area contributed by atoms with Crippen molar-refractivity contribution in [2.45, 2.75) is 32.4 Å². The highest BCUT2D eigenvalue weighted by molar-refractivity contribution is 5.81. The SMILES string of the molecule is CC[C@@H](Oc1ccc(F)cc1)C(=O)N[C@H](C)c1ccc(F)cc1. The average molecular weight is 319 g/mol. The molecular formula is C18H19F2NO2. The summed E-state index contributed by atoms with van der Waals surface area (Å²) in [4.78, 5) is 12.3. The van der Waals surface area contributed by atoms with E-state index in [1.807, 2.05) is 13.8 Å². The molecule has 0 aliphatic heterocycles. The van der Waals surface area contributed by atoms with E-state index in [0.29, 0.717) is 12.2 Å². The van der Waals surface area contributed by atoms with E-state index in [-0.39, 0.29) is 23.6 Å². The molecule has 3 nitrogen and oxygen atoms in total. The van der Waals surface area contributed by atoms with Gasteiger partial charge in [0.05, 0.1) is 6.04 Å². The van der Waals surface area contributed by atoms with Crippen LogP contribution in [0.25, 0.3) is 0 Å². The molecule has 0 aromatic heterocycles. The van der Waals surface area contributed by atoms with Gasteiger partial charge in [0.2, 0.25) is 0 Å². The fourth-order valence-electron chi connectivity index (χ4n) is 2.14. The van der Waals surface area contributed by atoms with Gasteiger partial charge in [0.25, 0.3) is 5.91 Å². The summed E-state index contributed by atoms with van der Waals surface area (Å²) in [7, 11) is 0. The van der Waals surface area contributed by atoms with E-state index < -0.39 is 6.10 Å². The van der Waals surface area contributed by atoms with E-state index in [9.17, 15) is 13.6 Å². The number of benzene rings is 2. The Kier molecular flexibility index (Phi) is 5.68. The minimum atomic E-state index is -0.677. The molecule has 2 rings (SSSR count). The molecule has 0 heterocycles. The highest BCUT2D eigenvalue weighted by atomic mass is 19.1. The van der Waals surface area contributed by atoms with Crippen LogP contribution in [-0.4, -0.2) is 12.0 Å². The molecule has 0 aliphatic carbocycles. The summed E-state index contributed by atoms with van der Waals surface area (Å²) in [6.45, 7) is 3.64. The predicted molar refractivity (Wildman–Crippen MR) is 84.1 cm³/mol. The van der Waals surface area contributed by atoms with E-state index >= 15 is 0 Å². The van der Waals surface area contributed by atoms with Crippen molar-refractivity contribution in [3.8, 4) is 5.75 Å². The second-order valence-corrected chi connectivity index (χ2v) is 5.25. The third-order valence-electron chi connectivity index (χ3n) is 3.48. The van der Waals surface area contributed by atoms with Crippen LogP contribution in [0.1, 0.15) is 31.9 Å². The van der Waals surface area contributed by atoms with Crippen LogP contribution >= 0.6 is 0 Å².